The molecular weight excluding hydrogens is 314 g/mol. The van der Waals surface area contributed by atoms with E-state index in [2.05, 4.69) is 0 Å². The second kappa shape index (κ2) is 14.5. The van der Waals surface area contributed by atoms with E-state index in [9.17, 15) is 4.79 Å². The summed E-state index contributed by atoms with van der Waals surface area (Å²) in [5.74, 6) is -0.328. The molecular formula is C20H43N3O2. The van der Waals surface area contributed by atoms with Gasteiger partial charge in [0.2, 0.25) is 0 Å². The van der Waals surface area contributed by atoms with E-state index in [-0.39, 0.29) is 12.0 Å². The molecule has 0 aromatic carbocycles. The lowest BCUT2D eigenvalue weighted by molar-refractivity contribution is -0.156. The van der Waals surface area contributed by atoms with Gasteiger partial charge in [-0.2, -0.15) is 0 Å². The van der Waals surface area contributed by atoms with E-state index < -0.39 is 11.6 Å². The molecule has 6 N–H and O–H groups in total. The molecule has 0 bridgehead atoms. The van der Waals surface area contributed by atoms with Crippen molar-refractivity contribution in [2.75, 3.05) is 6.54 Å². The number of ether oxygens (including phenoxy) is 1. The Balaban J connectivity index is 3.52. The first-order valence-electron chi connectivity index (χ1n) is 10.2. The van der Waals surface area contributed by atoms with Crippen molar-refractivity contribution in [2.24, 2.45) is 17.2 Å². The molecule has 0 heterocycles. The summed E-state index contributed by atoms with van der Waals surface area (Å²) in [7, 11) is 0. The van der Waals surface area contributed by atoms with Crippen molar-refractivity contribution in [3.05, 3.63) is 0 Å². The first kappa shape index (κ1) is 24.4. The summed E-state index contributed by atoms with van der Waals surface area (Å²) < 4.78 is 5.29. The fourth-order valence-corrected chi connectivity index (χ4v) is 2.82. The molecule has 0 aliphatic heterocycles. The Bertz CT molecular complexity index is 329. The SMILES string of the molecule is CC(C)(C)OC(=O)C(N)CCC(N)CCCCCCCCCCCN. The van der Waals surface area contributed by atoms with Crippen molar-refractivity contribution in [3.8, 4) is 0 Å². The molecule has 0 aromatic heterocycles. The number of carbonyl (C=O) groups is 1. The van der Waals surface area contributed by atoms with Crippen LogP contribution in [0, 0.1) is 0 Å². The highest BCUT2D eigenvalue weighted by Gasteiger charge is 2.22. The summed E-state index contributed by atoms with van der Waals surface area (Å²) in [4.78, 5) is 11.8. The highest BCUT2D eigenvalue weighted by atomic mass is 16.6. The molecule has 0 fully saturated rings. The molecule has 0 aliphatic carbocycles. The lowest BCUT2D eigenvalue weighted by Crippen LogP contribution is -2.38. The Hall–Kier alpha value is -0.650. The van der Waals surface area contributed by atoms with Crippen LogP contribution in [-0.2, 0) is 9.53 Å². The maximum absolute atomic E-state index is 11.8. The normalized spacial score (nSPS) is 14.3. The molecule has 0 spiro atoms. The molecule has 150 valence electrons. The van der Waals surface area contributed by atoms with Gasteiger partial charge in [-0.05, 0) is 53.0 Å². The number of unbranched alkanes of at least 4 members (excludes halogenated alkanes) is 8. The molecule has 5 nitrogen and oxygen atoms in total. The van der Waals surface area contributed by atoms with E-state index in [1.54, 1.807) is 0 Å². The van der Waals surface area contributed by atoms with Crippen molar-refractivity contribution in [1.82, 2.24) is 0 Å². The Labute approximate surface area is 155 Å². The molecule has 2 unspecified atom stereocenters. The lowest BCUT2D eigenvalue weighted by atomic mass is 10.0. The molecule has 25 heavy (non-hydrogen) atoms. The van der Waals surface area contributed by atoms with Gasteiger partial charge in [0.15, 0.2) is 0 Å². The Morgan fingerprint density at radius 1 is 0.800 bits per heavy atom. The zero-order chi connectivity index (χ0) is 19.1. The van der Waals surface area contributed by atoms with Crippen molar-refractivity contribution in [2.45, 2.75) is 116 Å². The van der Waals surface area contributed by atoms with Crippen LogP contribution < -0.4 is 17.2 Å². The number of nitrogens with two attached hydrogens (primary N) is 3. The predicted molar refractivity (Wildman–Crippen MR) is 106 cm³/mol. The maximum Gasteiger partial charge on any atom is 0.323 e. The molecule has 0 aromatic rings. The number of esters is 1. The summed E-state index contributed by atoms with van der Waals surface area (Å²) in [6.45, 7) is 6.37. The first-order valence-corrected chi connectivity index (χ1v) is 10.2. The predicted octanol–water partition coefficient (Wildman–Crippen LogP) is 3.62. The van der Waals surface area contributed by atoms with Crippen molar-refractivity contribution < 1.29 is 9.53 Å². The van der Waals surface area contributed by atoms with Crippen LogP contribution in [0.3, 0.4) is 0 Å². The Kier molecular flexibility index (Phi) is 14.1. The highest BCUT2D eigenvalue weighted by molar-refractivity contribution is 5.75. The zero-order valence-electron chi connectivity index (χ0n) is 16.9. The monoisotopic (exact) mass is 357 g/mol. The van der Waals surface area contributed by atoms with E-state index in [1.807, 2.05) is 20.8 Å². The van der Waals surface area contributed by atoms with Crippen LogP contribution in [0.5, 0.6) is 0 Å². The number of carbonyl (C=O) groups excluding carboxylic acids is 1. The Morgan fingerprint density at radius 3 is 1.76 bits per heavy atom. The fourth-order valence-electron chi connectivity index (χ4n) is 2.82. The van der Waals surface area contributed by atoms with Gasteiger partial charge < -0.3 is 21.9 Å². The summed E-state index contributed by atoms with van der Waals surface area (Å²) in [6.07, 6.45) is 13.8. The molecule has 2 atom stereocenters. The third-order valence-corrected chi connectivity index (χ3v) is 4.34. The summed E-state index contributed by atoms with van der Waals surface area (Å²) in [5, 5.41) is 0. The molecule has 0 rings (SSSR count). The van der Waals surface area contributed by atoms with Gasteiger partial charge in [-0.3, -0.25) is 4.79 Å². The second-order valence-electron chi connectivity index (χ2n) is 8.24. The van der Waals surface area contributed by atoms with E-state index in [0.29, 0.717) is 6.42 Å². The number of hydrogen-bond acceptors (Lipinski definition) is 5. The van der Waals surface area contributed by atoms with E-state index in [0.717, 1.165) is 32.2 Å². The van der Waals surface area contributed by atoms with Gasteiger partial charge in [-0.25, -0.2) is 0 Å². The highest BCUT2D eigenvalue weighted by Crippen LogP contribution is 2.14. The van der Waals surface area contributed by atoms with E-state index in [1.165, 1.54) is 44.9 Å². The largest absolute Gasteiger partial charge is 0.459 e. The minimum absolute atomic E-state index is 0.129. The fraction of sp³-hybridized carbons (Fsp3) is 0.950. The summed E-state index contributed by atoms with van der Waals surface area (Å²) in [5.41, 5.74) is 17.0. The van der Waals surface area contributed by atoms with Gasteiger partial charge in [-0.15, -0.1) is 0 Å². The lowest BCUT2D eigenvalue weighted by Gasteiger charge is -2.22. The maximum atomic E-state index is 11.8. The number of hydrogen-bond donors (Lipinski definition) is 3. The number of rotatable bonds is 15. The van der Waals surface area contributed by atoms with Crippen LogP contribution in [0.15, 0.2) is 0 Å². The standard InChI is InChI=1S/C20H43N3O2/c1-20(2,3)25-19(24)18(23)15-14-17(22)13-11-9-7-5-4-6-8-10-12-16-21/h17-18H,4-16,21-23H2,1-3H3. The van der Waals surface area contributed by atoms with Gasteiger partial charge in [0.1, 0.15) is 11.6 Å². The van der Waals surface area contributed by atoms with E-state index in [4.69, 9.17) is 21.9 Å². The average Bonchev–Trinajstić information content (AvgIpc) is 2.52. The van der Waals surface area contributed by atoms with Crippen LogP contribution in [0.25, 0.3) is 0 Å². The van der Waals surface area contributed by atoms with Gasteiger partial charge in [0, 0.05) is 6.04 Å². The molecule has 0 saturated carbocycles. The minimum atomic E-state index is -0.565. The average molecular weight is 358 g/mol. The quantitative estimate of drug-likeness (QED) is 0.307. The van der Waals surface area contributed by atoms with Crippen LogP contribution in [0.4, 0.5) is 0 Å². The van der Waals surface area contributed by atoms with Crippen molar-refractivity contribution in [1.29, 1.82) is 0 Å². The first-order chi connectivity index (χ1) is 11.8. The van der Waals surface area contributed by atoms with Gasteiger partial charge in [-0.1, -0.05) is 51.4 Å². The molecule has 0 aliphatic rings. The smallest absolute Gasteiger partial charge is 0.323 e. The molecule has 5 heteroatoms. The third-order valence-electron chi connectivity index (χ3n) is 4.34. The van der Waals surface area contributed by atoms with Gasteiger partial charge >= 0.3 is 5.97 Å². The topological polar surface area (TPSA) is 104 Å². The van der Waals surface area contributed by atoms with Gasteiger partial charge in [0.05, 0.1) is 0 Å². The molecule has 0 radical (unpaired) electrons. The summed E-state index contributed by atoms with van der Waals surface area (Å²) >= 11 is 0. The van der Waals surface area contributed by atoms with Crippen molar-refractivity contribution in [3.63, 3.8) is 0 Å². The third kappa shape index (κ3) is 16.6. The Morgan fingerprint density at radius 2 is 1.28 bits per heavy atom. The molecule has 0 amide bonds. The minimum Gasteiger partial charge on any atom is -0.459 e. The van der Waals surface area contributed by atoms with Crippen LogP contribution in [0.1, 0.15) is 97.8 Å². The van der Waals surface area contributed by atoms with Gasteiger partial charge in [0.25, 0.3) is 0 Å². The van der Waals surface area contributed by atoms with Crippen LogP contribution >= 0.6 is 0 Å². The van der Waals surface area contributed by atoms with Crippen LogP contribution in [0.2, 0.25) is 0 Å². The summed E-state index contributed by atoms with van der Waals surface area (Å²) in [6, 6.07) is -0.436. The van der Waals surface area contributed by atoms with E-state index >= 15 is 0 Å². The van der Waals surface area contributed by atoms with Crippen molar-refractivity contribution >= 4 is 5.97 Å². The zero-order valence-corrected chi connectivity index (χ0v) is 16.9. The second-order valence-corrected chi connectivity index (χ2v) is 8.24. The molecule has 0 saturated heterocycles. The van der Waals surface area contributed by atoms with Crippen LogP contribution in [-0.4, -0.2) is 30.2 Å².